The number of rotatable bonds is 12. The quantitative estimate of drug-likeness (QED) is 0.167. The summed E-state index contributed by atoms with van der Waals surface area (Å²) >= 11 is 1.45. The molecule has 13 heteroatoms. The molecule has 3 aromatic carbocycles. The predicted molar refractivity (Wildman–Crippen MR) is 136 cm³/mol. The smallest absolute Gasteiger partial charge is 0.320 e. The van der Waals surface area contributed by atoms with Crippen LogP contribution in [-0.4, -0.2) is 23.0 Å². The van der Waals surface area contributed by atoms with Crippen molar-refractivity contribution in [2.24, 2.45) is 0 Å². The molecule has 0 radical (unpaired) electrons. The molecule has 0 fully saturated rings. The second-order valence-corrected chi connectivity index (χ2v) is 12.8. The summed E-state index contributed by atoms with van der Waals surface area (Å²) in [6, 6.07) is 14.0. The molecule has 202 valence electrons. The van der Waals surface area contributed by atoms with Gasteiger partial charge < -0.3 is 18.8 Å². The van der Waals surface area contributed by atoms with Crippen molar-refractivity contribution in [3.8, 4) is 0 Å². The van der Waals surface area contributed by atoms with Gasteiger partial charge in [0.2, 0.25) is 0 Å². The third-order valence-corrected chi connectivity index (χ3v) is 9.61. The maximum Gasteiger partial charge on any atom is 0.404 e. The van der Waals surface area contributed by atoms with Crippen LogP contribution < -0.4 is 0 Å². The summed E-state index contributed by atoms with van der Waals surface area (Å²) in [7, 11) is -10.4. The lowest BCUT2D eigenvalue weighted by Gasteiger charge is -2.26. The van der Waals surface area contributed by atoms with Crippen LogP contribution in [0.15, 0.2) is 60.7 Å². The second-order valence-electron chi connectivity index (χ2n) is 8.05. The topological polar surface area (TPSA) is 93.1 Å². The Hall–Kier alpha value is -1.71. The zero-order valence-electron chi connectivity index (χ0n) is 19.9. The van der Waals surface area contributed by atoms with E-state index >= 15 is 0 Å². The first-order chi connectivity index (χ1) is 17.2. The molecule has 0 aliphatic rings. The number of halogens is 4. The van der Waals surface area contributed by atoms with Crippen LogP contribution >= 0.6 is 27.0 Å². The zero-order valence-corrected chi connectivity index (χ0v) is 22.5. The van der Waals surface area contributed by atoms with Crippen molar-refractivity contribution in [2.45, 2.75) is 36.7 Å². The maximum absolute atomic E-state index is 14.9. The monoisotopic (exact) mass is 580 g/mol. The van der Waals surface area contributed by atoms with E-state index < -0.39 is 37.6 Å². The van der Waals surface area contributed by atoms with Crippen LogP contribution in [0.5, 0.6) is 0 Å². The van der Waals surface area contributed by atoms with Gasteiger partial charge in [0, 0.05) is 22.6 Å². The molecule has 3 rings (SSSR count). The van der Waals surface area contributed by atoms with Crippen LogP contribution in [0.3, 0.4) is 0 Å². The predicted octanol–water partition coefficient (Wildman–Crippen LogP) is 7.82. The number of fused-ring (bicyclic) bond motifs is 1. The van der Waals surface area contributed by atoms with E-state index in [2.05, 4.69) is 0 Å². The van der Waals surface area contributed by atoms with Gasteiger partial charge in [0.05, 0.1) is 13.2 Å². The Morgan fingerprint density at radius 2 is 1.24 bits per heavy atom. The van der Waals surface area contributed by atoms with Gasteiger partial charge in [-0.3, -0.25) is 9.13 Å². The minimum Gasteiger partial charge on any atom is -0.320 e. The SMILES string of the molecule is CCOP(=O)(OCC)C(F)(F)c1ccc(CSCc2ccc3ccc(C(F)(F)P(=O)(O)O)cc3c2)cc1. The Balaban J connectivity index is 1.70. The van der Waals surface area contributed by atoms with Crippen LogP contribution in [0, 0.1) is 0 Å². The van der Waals surface area contributed by atoms with Gasteiger partial charge in [0.25, 0.3) is 0 Å². The van der Waals surface area contributed by atoms with E-state index in [1.807, 2.05) is 0 Å². The van der Waals surface area contributed by atoms with E-state index in [1.54, 1.807) is 18.2 Å². The number of hydrogen-bond donors (Lipinski definition) is 2. The number of hydrogen-bond acceptors (Lipinski definition) is 5. The number of alkyl halides is 4. The Labute approximate surface area is 216 Å². The van der Waals surface area contributed by atoms with E-state index in [0.717, 1.165) is 23.3 Å². The summed E-state index contributed by atoms with van der Waals surface area (Å²) in [6.07, 6.45) is 0. The van der Waals surface area contributed by atoms with Crippen molar-refractivity contribution in [1.29, 1.82) is 0 Å². The van der Waals surface area contributed by atoms with Crippen LogP contribution in [0.4, 0.5) is 17.6 Å². The first-order valence-electron chi connectivity index (χ1n) is 11.2. The average molecular weight is 580 g/mol. The Morgan fingerprint density at radius 3 is 1.81 bits per heavy atom. The van der Waals surface area contributed by atoms with Crippen molar-refractivity contribution < 1.29 is 45.5 Å². The third-order valence-electron chi connectivity index (χ3n) is 5.40. The van der Waals surface area contributed by atoms with Crippen molar-refractivity contribution >= 4 is 37.7 Å². The zero-order chi connectivity index (χ0) is 27.5. The Morgan fingerprint density at radius 1 is 0.730 bits per heavy atom. The highest BCUT2D eigenvalue weighted by Crippen LogP contribution is 2.66. The molecule has 2 N–H and O–H groups in total. The summed E-state index contributed by atoms with van der Waals surface area (Å²) in [5.41, 5.74) is -7.85. The molecule has 0 aliphatic heterocycles. The van der Waals surface area contributed by atoms with Crippen LogP contribution in [0.25, 0.3) is 10.8 Å². The standard InChI is InChI=1S/C24H26F4O6P2S/c1-3-33-36(32,34-4-2)24(27,28)21-10-6-17(7-11-21)15-37-16-18-5-8-19-9-12-22(14-20(19)13-18)23(25,26)35(29,30)31/h5-14H,3-4,15-16H2,1-2H3,(H2,29,30,31). The van der Waals surface area contributed by atoms with Gasteiger partial charge in [0.1, 0.15) is 0 Å². The molecule has 3 aromatic rings. The van der Waals surface area contributed by atoms with Crippen LogP contribution in [0.2, 0.25) is 0 Å². The summed E-state index contributed by atoms with van der Waals surface area (Å²) in [5, 5.41) is 1.04. The Bertz CT molecular complexity index is 1320. The molecule has 0 amide bonds. The van der Waals surface area contributed by atoms with Gasteiger partial charge in [-0.15, -0.1) is 0 Å². The molecule has 0 heterocycles. The molecule has 0 spiro atoms. The highest BCUT2D eigenvalue weighted by atomic mass is 32.2. The normalized spacial score (nSPS) is 13.3. The lowest BCUT2D eigenvalue weighted by Crippen LogP contribution is -2.18. The fourth-order valence-corrected chi connectivity index (χ4v) is 6.49. The van der Waals surface area contributed by atoms with E-state index in [0.29, 0.717) is 22.3 Å². The van der Waals surface area contributed by atoms with Gasteiger partial charge in [-0.1, -0.05) is 54.6 Å². The van der Waals surface area contributed by atoms with Gasteiger partial charge in [-0.05, 0) is 41.8 Å². The van der Waals surface area contributed by atoms with Crippen LogP contribution in [0.1, 0.15) is 36.1 Å². The molecule has 6 nitrogen and oxygen atoms in total. The molecule has 0 saturated carbocycles. The summed E-state index contributed by atoms with van der Waals surface area (Å²) in [5.74, 6) is 0.922. The van der Waals surface area contributed by atoms with Crippen LogP contribution in [-0.2, 0) is 41.0 Å². The molecule has 0 bridgehead atoms. The summed E-state index contributed by atoms with van der Waals surface area (Å²) in [4.78, 5) is 18.0. The Kier molecular flexibility index (Phi) is 9.34. The lowest BCUT2D eigenvalue weighted by molar-refractivity contribution is 0.0360. The van der Waals surface area contributed by atoms with Gasteiger partial charge >= 0.3 is 26.5 Å². The second kappa shape index (κ2) is 11.6. The fraction of sp³-hybridized carbons (Fsp3) is 0.333. The molecule has 0 aliphatic carbocycles. The highest BCUT2D eigenvalue weighted by Gasteiger charge is 2.54. The summed E-state index contributed by atoms with van der Waals surface area (Å²) in [6.45, 7) is 2.52. The van der Waals surface area contributed by atoms with E-state index in [-0.39, 0.29) is 13.2 Å². The van der Waals surface area contributed by atoms with Gasteiger partial charge in [-0.25, -0.2) is 0 Å². The first kappa shape index (κ1) is 29.8. The van der Waals surface area contributed by atoms with Crippen molar-refractivity contribution in [2.75, 3.05) is 13.2 Å². The molecule has 0 atom stereocenters. The molecular weight excluding hydrogens is 554 g/mol. The molecule has 0 aromatic heterocycles. The van der Waals surface area contributed by atoms with Crippen molar-refractivity contribution in [1.82, 2.24) is 0 Å². The average Bonchev–Trinajstić information content (AvgIpc) is 2.83. The molecule has 37 heavy (non-hydrogen) atoms. The number of thioether (sulfide) groups is 1. The third kappa shape index (κ3) is 6.48. The van der Waals surface area contributed by atoms with Gasteiger partial charge in [0.15, 0.2) is 0 Å². The van der Waals surface area contributed by atoms with Crippen molar-refractivity contribution in [3.05, 3.63) is 82.9 Å². The minimum absolute atomic E-state index is 0.191. The molecule has 0 unspecified atom stereocenters. The number of benzene rings is 3. The van der Waals surface area contributed by atoms with E-state index in [4.69, 9.17) is 18.8 Å². The lowest BCUT2D eigenvalue weighted by atomic mass is 10.0. The summed E-state index contributed by atoms with van der Waals surface area (Å²) < 4.78 is 91.3. The molecule has 0 saturated heterocycles. The molecular formula is C24H26F4O6P2S. The van der Waals surface area contributed by atoms with E-state index in [9.17, 15) is 26.7 Å². The highest BCUT2D eigenvalue weighted by molar-refractivity contribution is 7.97. The fourth-order valence-electron chi connectivity index (χ4n) is 3.53. The van der Waals surface area contributed by atoms with Crippen molar-refractivity contribution in [3.63, 3.8) is 0 Å². The minimum atomic E-state index is -5.68. The van der Waals surface area contributed by atoms with E-state index in [1.165, 1.54) is 55.9 Å². The van der Waals surface area contributed by atoms with Gasteiger partial charge in [-0.2, -0.15) is 29.3 Å². The maximum atomic E-state index is 14.9. The first-order valence-corrected chi connectivity index (χ1v) is 15.5. The largest absolute Gasteiger partial charge is 0.404 e.